The summed E-state index contributed by atoms with van der Waals surface area (Å²) in [6, 6.07) is 4.12. The number of nitrogens with zero attached hydrogens (tertiary/aromatic N) is 2. The molecular weight excluding hydrogens is 348 g/mol. The van der Waals surface area contributed by atoms with Crippen molar-refractivity contribution >= 4 is 29.3 Å². The van der Waals surface area contributed by atoms with Crippen molar-refractivity contribution in [2.45, 2.75) is 32.7 Å². The fraction of sp³-hybridized carbons (Fsp3) is 0.474. The molecule has 0 saturated carbocycles. The zero-order valence-electron chi connectivity index (χ0n) is 15.7. The van der Waals surface area contributed by atoms with Gasteiger partial charge >= 0.3 is 0 Å². The predicted molar refractivity (Wildman–Crippen MR) is 99.2 cm³/mol. The van der Waals surface area contributed by atoms with Crippen LogP contribution in [0.1, 0.15) is 47.4 Å². The number of carbonyl (C=O) groups is 4. The van der Waals surface area contributed by atoms with Crippen LogP contribution in [-0.2, 0) is 9.59 Å². The number of imide groups is 2. The monoisotopic (exact) mass is 372 g/mol. The minimum Gasteiger partial charge on any atom is -0.374 e. The summed E-state index contributed by atoms with van der Waals surface area (Å²) in [6.07, 6.45) is 0.250. The van der Waals surface area contributed by atoms with Crippen molar-refractivity contribution in [2.24, 2.45) is 11.1 Å². The van der Waals surface area contributed by atoms with Gasteiger partial charge in [-0.25, -0.2) is 0 Å². The van der Waals surface area contributed by atoms with Gasteiger partial charge in [0.05, 0.1) is 11.1 Å². The second kappa shape index (κ2) is 6.77. The van der Waals surface area contributed by atoms with Gasteiger partial charge in [0.25, 0.3) is 11.8 Å². The molecule has 3 N–H and O–H groups in total. The van der Waals surface area contributed by atoms with Gasteiger partial charge in [-0.3, -0.25) is 29.4 Å². The van der Waals surface area contributed by atoms with Crippen LogP contribution < -0.4 is 16.0 Å². The maximum atomic E-state index is 12.9. The molecule has 8 nitrogen and oxygen atoms in total. The van der Waals surface area contributed by atoms with E-state index in [1.807, 2.05) is 11.9 Å². The Morgan fingerprint density at radius 1 is 1.19 bits per heavy atom. The van der Waals surface area contributed by atoms with E-state index in [-0.39, 0.29) is 35.3 Å². The van der Waals surface area contributed by atoms with E-state index >= 15 is 0 Å². The highest BCUT2D eigenvalue weighted by molar-refractivity contribution is 6.23. The summed E-state index contributed by atoms with van der Waals surface area (Å²) in [6.45, 7) is 5.30. The summed E-state index contributed by atoms with van der Waals surface area (Å²) in [7, 11) is 1.90. The molecule has 2 heterocycles. The molecule has 0 aromatic heterocycles. The Morgan fingerprint density at radius 3 is 2.48 bits per heavy atom. The zero-order chi connectivity index (χ0) is 19.9. The van der Waals surface area contributed by atoms with Gasteiger partial charge in [0.1, 0.15) is 6.04 Å². The van der Waals surface area contributed by atoms with Crippen molar-refractivity contribution in [3.8, 4) is 0 Å². The van der Waals surface area contributed by atoms with E-state index in [4.69, 9.17) is 5.73 Å². The first-order valence-electron chi connectivity index (χ1n) is 8.91. The number of benzene rings is 1. The molecular formula is C19H24N4O4. The number of nitrogens with two attached hydrogens (primary N) is 1. The molecule has 4 amide bonds. The van der Waals surface area contributed by atoms with Crippen molar-refractivity contribution in [3.63, 3.8) is 0 Å². The maximum Gasteiger partial charge on any atom is 0.262 e. The molecule has 1 atom stereocenters. The first-order valence-corrected chi connectivity index (χ1v) is 8.91. The zero-order valence-corrected chi connectivity index (χ0v) is 15.7. The van der Waals surface area contributed by atoms with Gasteiger partial charge in [-0.15, -0.1) is 0 Å². The number of hydrogen-bond donors (Lipinski definition) is 2. The van der Waals surface area contributed by atoms with Crippen molar-refractivity contribution in [3.05, 3.63) is 29.3 Å². The molecule has 27 heavy (non-hydrogen) atoms. The molecule has 1 unspecified atom stereocenters. The first kappa shape index (κ1) is 19.0. The standard InChI is InChI=1S/C19H24N4O4/c1-19(2,9-20)10-22(3)11-4-5-12-13(8-11)18(27)23(17(12)26)14-6-7-15(24)21-16(14)25/h4-5,8,14H,6-7,9-10,20H2,1-3H3,(H,21,24,25). The summed E-state index contributed by atoms with van der Waals surface area (Å²) in [4.78, 5) is 51.9. The smallest absolute Gasteiger partial charge is 0.262 e. The Kier molecular flexibility index (Phi) is 4.77. The topological polar surface area (TPSA) is 113 Å². The molecule has 3 rings (SSSR count). The lowest BCUT2D eigenvalue weighted by Gasteiger charge is -2.30. The summed E-state index contributed by atoms with van der Waals surface area (Å²) in [5.41, 5.74) is 7.04. The largest absolute Gasteiger partial charge is 0.374 e. The molecule has 0 bridgehead atoms. The lowest BCUT2D eigenvalue weighted by molar-refractivity contribution is -0.136. The Labute approximate surface area is 157 Å². The minimum atomic E-state index is -0.951. The fourth-order valence-electron chi connectivity index (χ4n) is 3.49. The van der Waals surface area contributed by atoms with Crippen LogP contribution >= 0.6 is 0 Å². The molecule has 1 saturated heterocycles. The van der Waals surface area contributed by atoms with Crippen molar-refractivity contribution in [1.82, 2.24) is 10.2 Å². The van der Waals surface area contributed by atoms with E-state index in [1.54, 1.807) is 18.2 Å². The van der Waals surface area contributed by atoms with Crippen LogP contribution in [0.2, 0.25) is 0 Å². The van der Waals surface area contributed by atoms with Gasteiger partial charge in [0.2, 0.25) is 11.8 Å². The van der Waals surface area contributed by atoms with E-state index in [0.29, 0.717) is 13.1 Å². The third-order valence-corrected chi connectivity index (χ3v) is 5.08. The summed E-state index contributed by atoms with van der Waals surface area (Å²) in [5, 5.41) is 2.19. The Morgan fingerprint density at radius 2 is 1.85 bits per heavy atom. The van der Waals surface area contributed by atoms with E-state index in [1.165, 1.54) is 0 Å². The van der Waals surface area contributed by atoms with Crippen molar-refractivity contribution in [1.29, 1.82) is 0 Å². The second-order valence-corrected chi connectivity index (χ2v) is 7.90. The molecule has 144 valence electrons. The van der Waals surface area contributed by atoms with E-state index in [2.05, 4.69) is 19.2 Å². The quantitative estimate of drug-likeness (QED) is 0.728. The third kappa shape index (κ3) is 3.44. The third-order valence-electron chi connectivity index (χ3n) is 5.08. The number of piperidine rings is 1. The highest BCUT2D eigenvalue weighted by Crippen LogP contribution is 2.31. The minimum absolute atomic E-state index is 0.103. The fourth-order valence-corrected chi connectivity index (χ4v) is 3.49. The number of hydrogen-bond acceptors (Lipinski definition) is 6. The van der Waals surface area contributed by atoms with Crippen LogP contribution in [0.3, 0.4) is 0 Å². The predicted octanol–water partition coefficient (Wildman–Crippen LogP) is 0.509. The molecule has 1 fully saturated rings. The summed E-state index contributed by atoms with van der Waals surface area (Å²) >= 11 is 0. The van der Waals surface area contributed by atoms with Gasteiger partial charge in [-0.2, -0.15) is 0 Å². The number of anilines is 1. The average molecular weight is 372 g/mol. The summed E-state index contributed by atoms with van der Waals surface area (Å²) < 4.78 is 0. The lowest BCUT2D eigenvalue weighted by Crippen LogP contribution is -2.54. The molecule has 0 aliphatic carbocycles. The van der Waals surface area contributed by atoms with Gasteiger partial charge < -0.3 is 10.6 Å². The van der Waals surface area contributed by atoms with Gasteiger partial charge in [0.15, 0.2) is 0 Å². The van der Waals surface area contributed by atoms with Crippen LogP contribution in [0.4, 0.5) is 5.69 Å². The number of rotatable bonds is 5. The van der Waals surface area contributed by atoms with Crippen LogP contribution in [-0.4, -0.2) is 54.7 Å². The van der Waals surface area contributed by atoms with Crippen molar-refractivity contribution in [2.75, 3.05) is 25.0 Å². The van der Waals surface area contributed by atoms with E-state index in [9.17, 15) is 19.2 Å². The Hall–Kier alpha value is -2.74. The molecule has 1 aromatic carbocycles. The van der Waals surface area contributed by atoms with E-state index < -0.39 is 23.8 Å². The second-order valence-electron chi connectivity index (χ2n) is 7.90. The van der Waals surface area contributed by atoms with Gasteiger partial charge in [-0.05, 0) is 36.6 Å². The molecule has 0 radical (unpaired) electrons. The number of amides is 4. The molecule has 2 aliphatic rings. The van der Waals surface area contributed by atoms with Crippen LogP contribution in [0.15, 0.2) is 18.2 Å². The van der Waals surface area contributed by atoms with Crippen LogP contribution in [0, 0.1) is 5.41 Å². The number of carbonyl (C=O) groups excluding carboxylic acids is 4. The summed E-state index contributed by atoms with van der Waals surface area (Å²) in [5.74, 6) is -2.00. The maximum absolute atomic E-state index is 12.9. The van der Waals surface area contributed by atoms with Crippen molar-refractivity contribution < 1.29 is 19.2 Å². The highest BCUT2D eigenvalue weighted by atomic mass is 16.2. The average Bonchev–Trinajstić information content (AvgIpc) is 2.86. The Balaban J connectivity index is 1.86. The molecule has 8 heteroatoms. The highest BCUT2D eigenvalue weighted by Gasteiger charge is 2.44. The molecule has 1 aromatic rings. The number of fused-ring (bicyclic) bond motifs is 1. The lowest BCUT2D eigenvalue weighted by atomic mass is 9.93. The van der Waals surface area contributed by atoms with E-state index in [0.717, 1.165) is 10.6 Å². The van der Waals surface area contributed by atoms with Gasteiger partial charge in [0, 0.05) is 25.7 Å². The van der Waals surface area contributed by atoms with Crippen LogP contribution in [0.25, 0.3) is 0 Å². The SMILES string of the molecule is CN(CC(C)(C)CN)c1ccc2c(c1)C(=O)N(C1CCC(=O)NC1=O)C2=O. The molecule has 2 aliphatic heterocycles. The number of nitrogens with one attached hydrogen (secondary N) is 1. The Bertz CT molecular complexity index is 833. The molecule has 0 spiro atoms. The van der Waals surface area contributed by atoms with Crippen LogP contribution in [0.5, 0.6) is 0 Å². The van der Waals surface area contributed by atoms with Gasteiger partial charge in [-0.1, -0.05) is 13.8 Å². The first-order chi connectivity index (χ1) is 12.6. The normalized spacial score (nSPS) is 20.0.